The van der Waals surface area contributed by atoms with Gasteiger partial charge in [0, 0.05) is 18.0 Å². The van der Waals surface area contributed by atoms with E-state index in [1.165, 1.54) is 0 Å². The van der Waals surface area contributed by atoms with Crippen molar-refractivity contribution in [2.75, 3.05) is 13.6 Å². The third-order valence-electron chi connectivity index (χ3n) is 6.76. The maximum Gasteiger partial charge on any atom is 0.316 e. The maximum atomic E-state index is 12.7. The van der Waals surface area contributed by atoms with Crippen LogP contribution in [0.5, 0.6) is 5.75 Å². The molecule has 0 radical (unpaired) electrons. The van der Waals surface area contributed by atoms with Crippen molar-refractivity contribution in [1.82, 2.24) is 4.90 Å². The second-order valence-corrected chi connectivity index (χ2v) is 7.58. The minimum atomic E-state index is -1.43. The fourth-order valence-electron chi connectivity index (χ4n) is 5.72. The fraction of sp³-hybridized carbons (Fsp3) is 0.556. The normalized spacial score (nSPS) is 42.5. The molecule has 0 aromatic heterocycles. The summed E-state index contributed by atoms with van der Waals surface area (Å²) in [6.07, 6.45) is 0.0955. The molecule has 24 heavy (non-hydrogen) atoms. The molecule has 1 aromatic carbocycles. The van der Waals surface area contributed by atoms with Crippen molar-refractivity contribution in [3.8, 4) is 5.75 Å². The summed E-state index contributed by atoms with van der Waals surface area (Å²) in [5.74, 6) is 0.312. The summed E-state index contributed by atoms with van der Waals surface area (Å²) in [4.78, 5) is 24.3. The third kappa shape index (κ3) is 1.29. The fourth-order valence-corrected chi connectivity index (χ4v) is 5.72. The van der Waals surface area contributed by atoms with Gasteiger partial charge in [-0.05, 0) is 38.1 Å². The van der Waals surface area contributed by atoms with Gasteiger partial charge in [0.25, 0.3) is 0 Å². The van der Waals surface area contributed by atoms with Gasteiger partial charge in [0.1, 0.15) is 16.9 Å². The SMILES string of the molecule is CN1CC[C@]23c4c5ccc(C=[OH+])c4O[C@H]2C(=O)C[C@H](O)[C@@]3(O)[C@H]1C5. The van der Waals surface area contributed by atoms with Crippen LogP contribution in [-0.4, -0.2) is 69.4 Å². The number of ether oxygens (including phenoxy) is 1. The summed E-state index contributed by atoms with van der Waals surface area (Å²) in [6.45, 7) is 0.721. The van der Waals surface area contributed by atoms with Gasteiger partial charge in [-0.1, -0.05) is 6.07 Å². The smallest absolute Gasteiger partial charge is 0.316 e. The van der Waals surface area contributed by atoms with Crippen LogP contribution < -0.4 is 4.74 Å². The van der Waals surface area contributed by atoms with Crippen molar-refractivity contribution in [2.45, 2.75) is 48.5 Å². The molecular weight excluding hydrogens is 310 g/mol. The number of hydrogen-bond donors (Lipinski definition) is 2. The Hall–Kier alpha value is -1.76. The highest BCUT2D eigenvalue weighted by atomic mass is 16.5. The van der Waals surface area contributed by atoms with Crippen LogP contribution in [0, 0.1) is 0 Å². The van der Waals surface area contributed by atoms with E-state index in [1.54, 1.807) is 6.07 Å². The number of rotatable bonds is 1. The lowest BCUT2D eigenvalue weighted by molar-refractivity contribution is -0.226. The standard InChI is InChI=1S/C18H19NO5/c1-19-5-4-17-14-9-2-3-10(8-20)15(14)24-16(17)11(21)7-13(22)18(17,23)12(19)6-9/h2-3,8,12-13,16,22-23H,4-7H2,1H3/p+1/t12-,13+,16+,17+,18+/m1/s1. The topological polar surface area (TPSA) is 91.4 Å². The highest BCUT2D eigenvalue weighted by molar-refractivity contribution is 5.92. The number of ketones is 1. The molecule has 1 saturated heterocycles. The van der Waals surface area contributed by atoms with E-state index < -0.39 is 23.2 Å². The third-order valence-corrected chi connectivity index (χ3v) is 6.76. The van der Waals surface area contributed by atoms with Gasteiger partial charge >= 0.3 is 6.29 Å². The van der Waals surface area contributed by atoms with E-state index in [4.69, 9.17) is 4.74 Å². The predicted molar refractivity (Wildman–Crippen MR) is 85.0 cm³/mol. The van der Waals surface area contributed by atoms with Crippen molar-refractivity contribution >= 4 is 12.1 Å². The van der Waals surface area contributed by atoms with E-state index in [1.807, 2.05) is 13.1 Å². The minimum absolute atomic E-state index is 0.102. The van der Waals surface area contributed by atoms with E-state index in [2.05, 4.69) is 4.90 Å². The Morgan fingerprint density at radius 2 is 2.21 bits per heavy atom. The van der Waals surface area contributed by atoms with Gasteiger partial charge in [-0.2, -0.15) is 0 Å². The monoisotopic (exact) mass is 330 g/mol. The first kappa shape index (κ1) is 14.6. The Morgan fingerprint density at radius 3 is 2.96 bits per heavy atom. The lowest BCUT2D eigenvalue weighted by Gasteiger charge is -2.63. The Bertz CT molecular complexity index is 792. The van der Waals surface area contributed by atoms with Gasteiger partial charge in [0.2, 0.25) is 0 Å². The molecule has 2 aliphatic heterocycles. The lowest BCUT2D eigenvalue weighted by atomic mass is 9.48. The van der Waals surface area contributed by atoms with E-state index in [0.29, 0.717) is 24.2 Å². The molecule has 0 amide bonds. The van der Waals surface area contributed by atoms with Gasteiger partial charge < -0.3 is 19.8 Å². The minimum Gasteiger partial charge on any atom is -0.480 e. The quantitative estimate of drug-likeness (QED) is 0.537. The van der Waals surface area contributed by atoms with Crippen molar-refractivity contribution in [3.05, 3.63) is 28.8 Å². The van der Waals surface area contributed by atoms with Crippen molar-refractivity contribution in [2.24, 2.45) is 0 Å². The average Bonchev–Trinajstić information content (AvgIpc) is 2.91. The van der Waals surface area contributed by atoms with Crippen LogP contribution in [0.15, 0.2) is 12.1 Å². The number of piperidine rings is 1. The van der Waals surface area contributed by atoms with Crippen LogP contribution in [-0.2, 0) is 16.6 Å². The van der Waals surface area contributed by atoms with Crippen LogP contribution in [0.2, 0.25) is 0 Å². The summed E-state index contributed by atoms with van der Waals surface area (Å²) >= 11 is 0. The van der Waals surface area contributed by atoms with E-state index in [0.717, 1.165) is 24.0 Å². The molecule has 5 rings (SSSR count). The molecule has 2 aliphatic carbocycles. The molecule has 3 N–H and O–H groups in total. The number of likely N-dealkylation sites (tertiary alicyclic amines) is 1. The van der Waals surface area contributed by atoms with Gasteiger partial charge in [-0.25, -0.2) is 0 Å². The van der Waals surface area contributed by atoms with Crippen LogP contribution in [0.4, 0.5) is 0 Å². The van der Waals surface area contributed by atoms with E-state index in [9.17, 15) is 19.8 Å². The predicted octanol–water partition coefficient (Wildman–Crippen LogP) is -0.467. The molecule has 2 bridgehead atoms. The van der Waals surface area contributed by atoms with Crippen molar-refractivity contribution in [1.29, 1.82) is 0 Å². The largest absolute Gasteiger partial charge is 0.480 e. The van der Waals surface area contributed by atoms with Crippen molar-refractivity contribution in [3.63, 3.8) is 0 Å². The molecular formula is C18H20NO5+. The number of aliphatic hydroxyl groups is 2. The Morgan fingerprint density at radius 1 is 1.42 bits per heavy atom. The molecule has 2 fully saturated rings. The maximum absolute atomic E-state index is 12.7. The molecule has 6 heteroatoms. The average molecular weight is 330 g/mol. The van der Waals surface area contributed by atoms with Crippen LogP contribution in [0.3, 0.4) is 0 Å². The number of nitrogens with zero attached hydrogens (tertiary/aromatic N) is 1. The zero-order valence-corrected chi connectivity index (χ0v) is 13.4. The Balaban J connectivity index is 1.89. The number of aliphatic hydroxyl groups excluding tert-OH is 1. The van der Waals surface area contributed by atoms with E-state index in [-0.39, 0.29) is 18.2 Å². The first-order chi connectivity index (χ1) is 11.4. The number of Topliss-reactive ketones (excluding diaryl/α,β-unsaturated/α-hetero) is 1. The van der Waals surface area contributed by atoms with Crippen LogP contribution in [0.25, 0.3) is 0 Å². The molecule has 4 aliphatic rings. The Labute approximate surface area is 139 Å². The summed E-state index contributed by atoms with van der Waals surface area (Å²) in [5, 5.41) is 22.5. The molecule has 6 nitrogen and oxygen atoms in total. The molecule has 1 aromatic rings. The number of benzene rings is 1. The molecule has 0 unspecified atom stereocenters. The number of carbonyl (C=O) groups excluding carboxylic acids is 2. The highest BCUT2D eigenvalue weighted by Crippen LogP contribution is 2.63. The second-order valence-electron chi connectivity index (χ2n) is 7.58. The summed E-state index contributed by atoms with van der Waals surface area (Å²) in [5.41, 5.74) is 0.00111. The summed E-state index contributed by atoms with van der Waals surface area (Å²) in [7, 11) is 1.95. The molecule has 1 saturated carbocycles. The Kier molecular flexibility index (Phi) is 2.58. The number of aldehydes is 1. The first-order valence-corrected chi connectivity index (χ1v) is 8.39. The van der Waals surface area contributed by atoms with Gasteiger partial charge in [0.15, 0.2) is 11.9 Å². The molecule has 5 atom stereocenters. The molecule has 126 valence electrons. The number of likely N-dealkylation sites (N-methyl/N-ethyl adjacent to an activating group) is 1. The second kappa shape index (κ2) is 4.25. The zero-order chi connectivity index (χ0) is 16.9. The molecule has 1 spiro atoms. The van der Waals surface area contributed by atoms with E-state index >= 15 is 0 Å². The van der Waals surface area contributed by atoms with Crippen LogP contribution >= 0.6 is 0 Å². The summed E-state index contributed by atoms with van der Waals surface area (Å²) < 4.78 is 6.03. The van der Waals surface area contributed by atoms with Gasteiger partial charge in [0.05, 0.1) is 11.5 Å². The van der Waals surface area contributed by atoms with Crippen LogP contribution in [0.1, 0.15) is 29.5 Å². The van der Waals surface area contributed by atoms with Gasteiger partial charge in [-0.3, -0.25) is 9.59 Å². The number of carbonyl (C=O) groups is 1. The molecule has 2 heterocycles. The zero-order valence-electron chi connectivity index (χ0n) is 13.4. The number of hydrogen-bond acceptors (Lipinski definition) is 5. The highest BCUT2D eigenvalue weighted by Gasteiger charge is 2.75. The summed E-state index contributed by atoms with van der Waals surface area (Å²) in [6, 6.07) is 3.46. The van der Waals surface area contributed by atoms with Gasteiger partial charge in [-0.15, -0.1) is 0 Å². The lowest BCUT2D eigenvalue weighted by Crippen LogP contribution is -2.80. The van der Waals surface area contributed by atoms with Crippen molar-refractivity contribution < 1.29 is 24.5 Å². The first-order valence-electron chi connectivity index (χ1n) is 8.39.